The van der Waals surface area contributed by atoms with Crippen LogP contribution < -0.4 is 10.6 Å². The summed E-state index contributed by atoms with van der Waals surface area (Å²) in [6, 6.07) is 13.6. The van der Waals surface area contributed by atoms with Crippen LogP contribution in [0.1, 0.15) is 18.1 Å². The molecule has 2 N–H and O–H groups in total. The highest BCUT2D eigenvalue weighted by Crippen LogP contribution is 2.35. The Morgan fingerprint density at radius 3 is 2.19 bits per heavy atom. The van der Waals surface area contributed by atoms with Crippen LogP contribution in [0.25, 0.3) is 0 Å². The van der Waals surface area contributed by atoms with Crippen LogP contribution in [-0.2, 0) is 12.7 Å². The third-order valence-electron chi connectivity index (χ3n) is 3.31. The fraction of sp³-hybridized carbons (Fsp3) is 0.250. The van der Waals surface area contributed by atoms with Gasteiger partial charge in [-0.3, -0.25) is 0 Å². The summed E-state index contributed by atoms with van der Waals surface area (Å²) in [4.78, 5) is 1.94. The molecule has 0 aromatic heterocycles. The highest BCUT2D eigenvalue weighted by molar-refractivity contribution is 5.64. The van der Waals surface area contributed by atoms with Crippen molar-refractivity contribution in [1.82, 2.24) is 0 Å². The molecule has 2 aromatic carbocycles. The molecule has 0 saturated carbocycles. The number of hydrogen-bond acceptors (Lipinski definition) is 2. The lowest BCUT2D eigenvalue weighted by atomic mass is 10.1. The van der Waals surface area contributed by atoms with Gasteiger partial charge in [-0.05, 0) is 42.8 Å². The number of anilines is 2. The molecule has 5 heteroatoms. The predicted octanol–water partition coefficient (Wildman–Crippen LogP) is 4.32. The first-order valence-corrected chi connectivity index (χ1v) is 6.70. The molecule has 0 unspecified atom stereocenters. The van der Waals surface area contributed by atoms with Crippen LogP contribution in [0.2, 0.25) is 0 Å². The highest BCUT2D eigenvalue weighted by atomic mass is 19.4. The molecule has 0 aliphatic carbocycles. The van der Waals surface area contributed by atoms with E-state index < -0.39 is 11.7 Å². The summed E-state index contributed by atoms with van der Waals surface area (Å²) < 4.78 is 38.7. The van der Waals surface area contributed by atoms with Gasteiger partial charge in [0.1, 0.15) is 0 Å². The van der Waals surface area contributed by atoms with Gasteiger partial charge in [-0.1, -0.05) is 18.2 Å². The van der Waals surface area contributed by atoms with E-state index in [1.54, 1.807) is 0 Å². The van der Waals surface area contributed by atoms with Crippen LogP contribution >= 0.6 is 0 Å². The van der Waals surface area contributed by atoms with Gasteiger partial charge in [-0.15, -0.1) is 0 Å². The number of para-hydroxylation sites is 1. The number of benzene rings is 2. The maximum absolute atomic E-state index is 12.9. The Labute approximate surface area is 122 Å². The SMILES string of the molecule is CCN(c1ccccc1)c1ccc(C(F)(F)F)c(CN)c1. The summed E-state index contributed by atoms with van der Waals surface area (Å²) in [5, 5.41) is 0. The molecule has 0 saturated heterocycles. The molecule has 2 aromatic rings. The van der Waals surface area contributed by atoms with E-state index in [0.717, 1.165) is 11.8 Å². The molecular formula is C16H17F3N2. The summed E-state index contributed by atoms with van der Waals surface area (Å²) in [5.41, 5.74) is 6.55. The van der Waals surface area contributed by atoms with Gasteiger partial charge in [0.15, 0.2) is 0 Å². The third kappa shape index (κ3) is 3.36. The molecule has 2 rings (SSSR count). The van der Waals surface area contributed by atoms with Crippen molar-refractivity contribution in [2.75, 3.05) is 11.4 Å². The Bertz CT molecular complexity index is 594. The van der Waals surface area contributed by atoms with Gasteiger partial charge in [-0.2, -0.15) is 13.2 Å². The first-order chi connectivity index (χ1) is 9.97. The van der Waals surface area contributed by atoms with Gasteiger partial charge in [0.2, 0.25) is 0 Å². The average molecular weight is 294 g/mol. The van der Waals surface area contributed by atoms with Gasteiger partial charge in [0.25, 0.3) is 0 Å². The van der Waals surface area contributed by atoms with Crippen molar-refractivity contribution in [2.45, 2.75) is 19.6 Å². The standard InChI is InChI=1S/C16H17F3N2/c1-2-21(13-6-4-3-5-7-13)14-8-9-15(16(17,18)19)12(10-14)11-20/h3-10H,2,11,20H2,1H3. The molecule has 0 aliphatic heterocycles. The molecule has 2 nitrogen and oxygen atoms in total. The minimum absolute atomic E-state index is 0.106. The minimum atomic E-state index is -4.38. The first-order valence-electron chi connectivity index (χ1n) is 6.70. The van der Waals surface area contributed by atoms with Gasteiger partial charge >= 0.3 is 6.18 Å². The van der Waals surface area contributed by atoms with Crippen LogP contribution in [0.4, 0.5) is 24.5 Å². The fourth-order valence-corrected chi connectivity index (χ4v) is 2.32. The van der Waals surface area contributed by atoms with E-state index >= 15 is 0 Å². The zero-order valence-corrected chi connectivity index (χ0v) is 11.7. The lowest BCUT2D eigenvalue weighted by Crippen LogP contribution is -2.18. The molecule has 0 heterocycles. The maximum Gasteiger partial charge on any atom is 0.416 e. The summed E-state index contributed by atoms with van der Waals surface area (Å²) in [6.45, 7) is 2.46. The molecule has 21 heavy (non-hydrogen) atoms. The second kappa shape index (κ2) is 6.18. The summed E-state index contributed by atoms with van der Waals surface area (Å²) in [6.07, 6.45) is -4.38. The second-order valence-electron chi connectivity index (χ2n) is 4.62. The van der Waals surface area contributed by atoms with Crippen LogP contribution in [0, 0.1) is 0 Å². The Balaban J connectivity index is 2.45. The smallest absolute Gasteiger partial charge is 0.342 e. The molecule has 0 atom stereocenters. The lowest BCUT2D eigenvalue weighted by Gasteiger charge is -2.25. The van der Waals surface area contributed by atoms with E-state index in [9.17, 15) is 13.2 Å². The Morgan fingerprint density at radius 1 is 1.00 bits per heavy atom. The van der Waals surface area contributed by atoms with E-state index in [0.29, 0.717) is 12.2 Å². The summed E-state index contributed by atoms with van der Waals surface area (Å²) in [7, 11) is 0. The molecule has 0 fully saturated rings. The molecule has 0 aliphatic rings. The van der Waals surface area contributed by atoms with Gasteiger partial charge in [-0.25, -0.2) is 0 Å². The normalized spacial score (nSPS) is 11.5. The van der Waals surface area contributed by atoms with Crippen molar-refractivity contribution in [3.05, 3.63) is 59.7 Å². The van der Waals surface area contributed by atoms with Gasteiger partial charge in [0.05, 0.1) is 5.56 Å². The van der Waals surface area contributed by atoms with E-state index in [-0.39, 0.29) is 12.1 Å². The minimum Gasteiger partial charge on any atom is -0.342 e. The number of rotatable bonds is 4. The number of halogens is 3. The predicted molar refractivity (Wildman–Crippen MR) is 78.5 cm³/mol. The molecule has 0 radical (unpaired) electrons. The van der Waals surface area contributed by atoms with Crippen molar-refractivity contribution in [2.24, 2.45) is 5.73 Å². The maximum atomic E-state index is 12.9. The van der Waals surface area contributed by atoms with E-state index in [2.05, 4.69) is 0 Å². The van der Waals surface area contributed by atoms with Gasteiger partial charge < -0.3 is 10.6 Å². The highest BCUT2D eigenvalue weighted by Gasteiger charge is 2.33. The number of nitrogens with two attached hydrogens (primary N) is 1. The Morgan fingerprint density at radius 2 is 1.67 bits per heavy atom. The zero-order valence-electron chi connectivity index (χ0n) is 11.7. The summed E-state index contributed by atoms with van der Waals surface area (Å²) in [5.74, 6) is 0. The summed E-state index contributed by atoms with van der Waals surface area (Å²) >= 11 is 0. The van der Waals surface area contributed by atoms with E-state index in [4.69, 9.17) is 5.73 Å². The van der Waals surface area contributed by atoms with Crippen molar-refractivity contribution in [1.29, 1.82) is 0 Å². The Kier molecular flexibility index (Phi) is 4.53. The van der Waals surface area contributed by atoms with Crippen LogP contribution in [0.15, 0.2) is 48.5 Å². The Hall–Kier alpha value is -2.01. The van der Waals surface area contributed by atoms with Crippen molar-refractivity contribution in [3.63, 3.8) is 0 Å². The molecule has 0 bridgehead atoms. The topological polar surface area (TPSA) is 29.3 Å². The first kappa shape index (κ1) is 15.4. The van der Waals surface area contributed by atoms with Crippen molar-refractivity contribution < 1.29 is 13.2 Å². The molecule has 0 amide bonds. The number of hydrogen-bond donors (Lipinski definition) is 1. The van der Waals surface area contributed by atoms with Crippen molar-refractivity contribution >= 4 is 11.4 Å². The second-order valence-corrected chi connectivity index (χ2v) is 4.62. The molecule has 0 spiro atoms. The number of alkyl halides is 3. The molecular weight excluding hydrogens is 277 g/mol. The fourth-order valence-electron chi connectivity index (χ4n) is 2.32. The van der Waals surface area contributed by atoms with Crippen LogP contribution in [0.3, 0.4) is 0 Å². The van der Waals surface area contributed by atoms with E-state index in [1.807, 2.05) is 42.2 Å². The largest absolute Gasteiger partial charge is 0.416 e. The number of nitrogens with zero attached hydrogens (tertiary/aromatic N) is 1. The van der Waals surface area contributed by atoms with Crippen LogP contribution in [0.5, 0.6) is 0 Å². The van der Waals surface area contributed by atoms with Crippen LogP contribution in [-0.4, -0.2) is 6.54 Å². The van der Waals surface area contributed by atoms with Gasteiger partial charge in [0, 0.05) is 24.5 Å². The molecule has 112 valence electrons. The average Bonchev–Trinajstić information content (AvgIpc) is 2.48. The van der Waals surface area contributed by atoms with E-state index in [1.165, 1.54) is 12.1 Å². The third-order valence-corrected chi connectivity index (χ3v) is 3.31. The monoisotopic (exact) mass is 294 g/mol. The quantitative estimate of drug-likeness (QED) is 0.909. The zero-order chi connectivity index (χ0) is 15.5. The van der Waals surface area contributed by atoms with Crippen molar-refractivity contribution in [3.8, 4) is 0 Å². The lowest BCUT2D eigenvalue weighted by molar-refractivity contribution is -0.138.